The van der Waals surface area contributed by atoms with Crippen LogP contribution in [0.4, 0.5) is 0 Å². The Morgan fingerprint density at radius 3 is 2.18 bits per heavy atom. The SMILES string of the molecule is CCOC(CNC(=O)C(N)C(C)CC)OCC. The van der Waals surface area contributed by atoms with Crippen molar-refractivity contribution in [2.75, 3.05) is 19.8 Å². The lowest BCUT2D eigenvalue weighted by Crippen LogP contribution is -2.47. The van der Waals surface area contributed by atoms with Crippen LogP contribution in [0.1, 0.15) is 34.1 Å². The van der Waals surface area contributed by atoms with Crippen LogP contribution in [0.5, 0.6) is 0 Å². The molecule has 0 aliphatic carbocycles. The fourth-order valence-electron chi connectivity index (χ4n) is 1.35. The van der Waals surface area contributed by atoms with Crippen molar-refractivity contribution in [1.29, 1.82) is 0 Å². The molecule has 2 atom stereocenters. The third kappa shape index (κ3) is 6.61. The first kappa shape index (κ1) is 16.4. The summed E-state index contributed by atoms with van der Waals surface area (Å²) in [6.45, 7) is 9.20. The smallest absolute Gasteiger partial charge is 0.237 e. The Labute approximate surface area is 104 Å². The van der Waals surface area contributed by atoms with Crippen molar-refractivity contribution in [1.82, 2.24) is 5.32 Å². The molecule has 0 fully saturated rings. The van der Waals surface area contributed by atoms with Crippen molar-refractivity contribution in [2.45, 2.75) is 46.4 Å². The summed E-state index contributed by atoms with van der Waals surface area (Å²) in [5.41, 5.74) is 5.81. The maximum Gasteiger partial charge on any atom is 0.237 e. The number of hydrogen-bond acceptors (Lipinski definition) is 4. The largest absolute Gasteiger partial charge is 0.351 e. The van der Waals surface area contributed by atoms with E-state index in [1.54, 1.807) is 0 Å². The van der Waals surface area contributed by atoms with Gasteiger partial charge in [0.2, 0.25) is 5.91 Å². The van der Waals surface area contributed by atoms with Crippen molar-refractivity contribution >= 4 is 5.91 Å². The van der Waals surface area contributed by atoms with Gasteiger partial charge < -0.3 is 20.5 Å². The van der Waals surface area contributed by atoms with Gasteiger partial charge in [-0.25, -0.2) is 0 Å². The van der Waals surface area contributed by atoms with E-state index in [1.807, 2.05) is 27.7 Å². The van der Waals surface area contributed by atoms with Crippen LogP contribution in [-0.2, 0) is 14.3 Å². The van der Waals surface area contributed by atoms with Gasteiger partial charge in [0, 0.05) is 13.2 Å². The number of nitrogens with two attached hydrogens (primary N) is 1. The Balaban J connectivity index is 4.02. The molecule has 0 rings (SSSR count). The van der Waals surface area contributed by atoms with Gasteiger partial charge in [-0.2, -0.15) is 0 Å². The van der Waals surface area contributed by atoms with Crippen LogP contribution in [0.2, 0.25) is 0 Å². The van der Waals surface area contributed by atoms with Gasteiger partial charge in [0.25, 0.3) is 0 Å². The van der Waals surface area contributed by atoms with Gasteiger partial charge >= 0.3 is 0 Å². The average Bonchev–Trinajstić information content (AvgIpc) is 2.34. The topological polar surface area (TPSA) is 73.6 Å². The molecule has 0 saturated heterocycles. The number of rotatable bonds is 9. The van der Waals surface area contributed by atoms with E-state index < -0.39 is 12.3 Å². The summed E-state index contributed by atoms with van der Waals surface area (Å²) in [6, 6.07) is -0.469. The van der Waals surface area contributed by atoms with Crippen LogP contribution in [0, 0.1) is 5.92 Å². The first-order chi connectivity index (χ1) is 8.06. The summed E-state index contributed by atoms with van der Waals surface area (Å²) in [5, 5.41) is 2.75. The van der Waals surface area contributed by atoms with Crippen LogP contribution >= 0.6 is 0 Å². The maximum atomic E-state index is 11.7. The molecule has 0 saturated carbocycles. The summed E-state index contributed by atoms with van der Waals surface area (Å²) in [7, 11) is 0. The zero-order valence-electron chi connectivity index (χ0n) is 11.4. The molecule has 0 bridgehead atoms. The van der Waals surface area contributed by atoms with Crippen LogP contribution in [0.15, 0.2) is 0 Å². The van der Waals surface area contributed by atoms with Crippen molar-refractivity contribution in [3.8, 4) is 0 Å². The molecule has 3 N–H and O–H groups in total. The third-order valence-corrected chi connectivity index (χ3v) is 2.71. The van der Waals surface area contributed by atoms with Crippen LogP contribution in [-0.4, -0.2) is 38.0 Å². The predicted octanol–water partition coefficient (Wildman–Crippen LogP) is 0.875. The molecule has 5 heteroatoms. The van der Waals surface area contributed by atoms with E-state index in [0.29, 0.717) is 19.8 Å². The summed E-state index contributed by atoms with van der Waals surface area (Å²) in [4.78, 5) is 11.7. The molecular formula is C12H26N2O3. The zero-order valence-corrected chi connectivity index (χ0v) is 11.4. The van der Waals surface area contributed by atoms with Gasteiger partial charge in [-0.1, -0.05) is 20.3 Å². The molecule has 0 heterocycles. The highest BCUT2D eigenvalue weighted by Gasteiger charge is 2.20. The van der Waals surface area contributed by atoms with Crippen LogP contribution in [0.3, 0.4) is 0 Å². The van der Waals surface area contributed by atoms with Crippen LogP contribution in [0.25, 0.3) is 0 Å². The second kappa shape index (κ2) is 9.39. The minimum Gasteiger partial charge on any atom is -0.351 e. The van der Waals surface area contributed by atoms with E-state index >= 15 is 0 Å². The molecule has 0 aromatic carbocycles. The van der Waals surface area contributed by atoms with E-state index in [9.17, 15) is 4.79 Å². The third-order valence-electron chi connectivity index (χ3n) is 2.71. The molecule has 0 aromatic rings. The second-order valence-electron chi connectivity index (χ2n) is 4.00. The van der Waals surface area contributed by atoms with Crippen molar-refractivity contribution in [2.24, 2.45) is 11.7 Å². The Bertz CT molecular complexity index is 206. The monoisotopic (exact) mass is 246 g/mol. The Hall–Kier alpha value is -0.650. The minimum atomic E-state index is -0.469. The van der Waals surface area contributed by atoms with Gasteiger partial charge in [-0.15, -0.1) is 0 Å². The molecular weight excluding hydrogens is 220 g/mol. The van der Waals surface area contributed by atoms with Crippen molar-refractivity contribution in [3.05, 3.63) is 0 Å². The lowest BCUT2D eigenvalue weighted by Gasteiger charge is -2.21. The molecule has 0 aromatic heterocycles. The number of carbonyl (C=O) groups excluding carboxylic acids is 1. The normalized spacial score (nSPS) is 14.7. The number of carbonyl (C=O) groups is 1. The van der Waals surface area contributed by atoms with E-state index in [0.717, 1.165) is 6.42 Å². The second-order valence-corrected chi connectivity index (χ2v) is 4.00. The number of ether oxygens (including phenoxy) is 2. The number of amides is 1. The zero-order chi connectivity index (χ0) is 13.3. The van der Waals surface area contributed by atoms with E-state index in [1.165, 1.54) is 0 Å². The average molecular weight is 246 g/mol. The Kier molecular flexibility index (Phi) is 9.03. The molecule has 102 valence electrons. The summed E-state index contributed by atoms with van der Waals surface area (Å²) in [6.07, 6.45) is 0.493. The molecule has 2 unspecified atom stereocenters. The predicted molar refractivity (Wildman–Crippen MR) is 67.5 cm³/mol. The van der Waals surface area contributed by atoms with E-state index in [-0.39, 0.29) is 11.8 Å². The quantitative estimate of drug-likeness (QED) is 0.592. The molecule has 5 nitrogen and oxygen atoms in total. The minimum absolute atomic E-state index is 0.149. The highest BCUT2D eigenvalue weighted by atomic mass is 16.7. The van der Waals surface area contributed by atoms with Crippen LogP contribution < -0.4 is 11.1 Å². The molecule has 17 heavy (non-hydrogen) atoms. The van der Waals surface area contributed by atoms with Crippen molar-refractivity contribution in [3.63, 3.8) is 0 Å². The van der Waals surface area contributed by atoms with Gasteiger partial charge in [-0.05, 0) is 19.8 Å². The van der Waals surface area contributed by atoms with Gasteiger partial charge in [-0.3, -0.25) is 4.79 Å². The molecule has 0 radical (unpaired) electrons. The summed E-state index contributed by atoms with van der Waals surface area (Å²) in [5.74, 6) is 0.0244. The number of hydrogen-bond donors (Lipinski definition) is 2. The molecule has 0 spiro atoms. The molecule has 1 amide bonds. The summed E-state index contributed by atoms with van der Waals surface area (Å²) >= 11 is 0. The van der Waals surface area contributed by atoms with Crippen molar-refractivity contribution < 1.29 is 14.3 Å². The lowest BCUT2D eigenvalue weighted by molar-refractivity contribution is -0.141. The highest BCUT2D eigenvalue weighted by molar-refractivity contribution is 5.81. The Morgan fingerprint density at radius 1 is 1.24 bits per heavy atom. The Morgan fingerprint density at radius 2 is 1.76 bits per heavy atom. The molecule has 0 aliphatic rings. The van der Waals surface area contributed by atoms with E-state index in [2.05, 4.69) is 5.32 Å². The van der Waals surface area contributed by atoms with E-state index in [4.69, 9.17) is 15.2 Å². The van der Waals surface area contributed by atoms with Gasteiger partial charge in [0.05, 0.1) is 12.6 Å². The first-order valence-electron chi connectivity index (χ1n) is 6.33. The maximum absolute atomic E-state index is 11.7. The lowest BCUT2D eigenvalue weighted by atomic mass is 9.99. The summed E-state index contributed by atoms with van der Waals surface area (Å²) < 4.78 is 10.6. The fourth-order valence-corrected chi connectivity index (χ4v) is 1.35. The fraction of sp³-hybridized carbons (Fsp3) is 0.917. The number of nitrogens with one attached hydrogen (secondary N) is 1. The van der Waals surface area contributed by atoms with Gasteiger partial charge in [0.15, 0.2) is 6.29 Å². The first-order valence-corrected chi connectivity index (χ1v) is 6.33. The standard InChI is InChI=1S/C12H26N2O3/c1-5-9(4)11(13)12(15)14-8-10(16-6-2)17-7-3/h9-11H,5-8,13H2,1-4H3,(H,14,15). The highest BCUT2D eigenvalue weighted by Crippen LogP contribution is 2.05. The van der Waals surface area contributed by atoms with Gasteiger partial charge in [0.1, 0.15) is 0 Å². The molecule has 0 aliphatic heterocycles.